The Morgan fingerprint density at radius 2 is 2.31 bits per heavy atom. The van der Waals surface area contributed by atoms with Crippen molar-refractivity contribution >= 4 is 22.4 Å². The molecule has 2 aromatic heterocycles. The predicted octanol–water partition coefficient (Wildman–Crippen LogP) is 0.779. The number of aromatic amines is 1. The fourth-order valence-corrected chi connectivity index (χ4v) is 1.72. The molecule has 0 aliphatic carbocycles. The highest BCUT2D eigenvalue weighted by atomic mass is 32.1. The third-order valence-corrected chi connectivity index (χ3v) is 2.77. The molecule has 0 radical (unpaired) electrons. The number of hydrogen-bond donors (Lipinski definition) is 2. The van der Waals surface area contributed by atoms with Crippen LogP contribution in [0.25, 0.3) is 0 Å². The zero-order valence-corrected chi connectivity index (χ0v) is 9.63. The molecular weight excluding hydrogens is 228 g/mol. The average molecular weight is 238 g/mol. The Hall–Kier alpha value is -1.83. The van der Waals surface area contributed by atoms with Crippen molar-refractivity contribution in [3.63, 3.8) is 0 Å². The maximum atomic E-state index is 11.6. The lowest BCUT2D eigenvalue weighted by Crippen LogP contribution is -2.13. The third-order valence-electron chi connectivity index (χ3n) is 1.79. The lowest BCUT2D eigenvalue weighted by molar-refractivity contribution is 0.101. The molecule has 84 valence electrons. The lowest BCUT2D eigenvalue weighted by Gasteiger charge is -1.94. The Bertz CT molecular complexity index is 504. The number of rotatable bonds is 3. The molecule has 8 heteroatoms. The van der Waals surface area contributed by atoms with Gasteiger partial charge in [-0.3, -0.25) is 15.2 Å². The molecule has 2 heterocycles. The largest absolute Gasteiger partial charge is 0.297 e. The molecule has 0 aliphatic rings. The summed E-state index contributed by atoms with van der Waals surface area (Å²) in [5.74, 6) is 0.311. The number of hydrogen-bond acceptors (Lipinski definition) is 6. The van der Waals surface area contributed by atoms with Crippen molar-refractivity contribution in [2.24, 2.45) is 0 Å². The molecule has 2 N–H and O–H groups in total. The quantitative estimate of drug-likeness (QED) is 0.823. The Morgan fingerprint density at radius 1 is 1.50 bits per heavy atom. The van der Waals surface area contributed by atoms with Crippen molar-refractivity contribution in [3.8, 4) is 0 Å². The Morgan fingerprint density at radius 3 is 2.88 bits per heavy atom. The van der Waals surface area contributed by atoms with E-state index in [2.05, 4.69) is 30.7 Å². The van der Waals surface area contributed by atoms with Crippen molar-refractivity contribution in [3.05, 3.63) is 16.7 Å². The van der Waals surface area contributed by atoms with Gasteiger partial charge in [0.1, 0.15) is 10.8 Å². The molecule has 0 unspecified atom stereocenters. The average Bonchev–Trinajstić information content (AvgIpc) is 2.87. The summed E-state index contributed by atoms with van der Waals surface area (Å²) in [6.45, 7) is 3.70. The summed E-state index contributed by atoms with van der Waals surface area (Å²) < 4.78 is 0. The van der Waals surface area contributed by atoms with Crippen molar-refractivity contribution in [2.75, 3.05) is 5.32 Å². The number of H-pyrrole nitrogens is 1. The van der Waals surface area contributed by atoms with Crippen molar-refractivity contribution in [2.45, 2.75) is 20.3 Å². The van der Waals surface area contributed by atoms with E-state index in [4.69, 9.17) is 0 Å². The zero-order valence-electron chi connectivity index (χ0n) is 8.81. The first-order chi connectivity index (χ1) is 7.69. The highest BCUT2D eigenvalue weighted by Gasteiger charge is 2.13. The van der Waals surface area contributed by atoms with Crippen LogP contribution in [-0.4, -0.2) is 31.3 Å². The van der Waals surface area contributed by atoms with E-state index >= 15 is 0 Å². The second kappa shape index (κ2) is 4.35. The lowest BCUT2D eigenvalue weighted by atomic mass is 10.5. The molecule has 16 heavy (non-hydrogen) atoms. The van der Waals surface area contributed by atoms with E-state index in [1.807, 2.05) is 6.92 Å². The summed E-state index contributed by atoms with van der Waals surface area (Å²) in [7, 11) is 0. The predicted molar refractivity (Wildman–Crippen MR) is 58.4 cm³/mol. The third kappa shape index (κ3) is 2.22. The van der Waals surface area contributed by atoms with Gasteiger partial charge in [0.2, 0.25) is 11.0 Å². The van der Waals surface area contributed by atoms with Gasteiger partial charge in [-0.2, -0.15) is 0 Å². The molecule has 0 spiro atoms. The summed E-state index contributed by atoms with van der Waals surface area (Å²) in [6, 6.07) is 0. The number of nitrogens with zero attached hydrogens (tertiary/aromatic N) is 4. The van der Waals surface area contributed by atoms with Crippen LogP contribution < -0.4 is 5.32 Å². The molecule has 7 nitrogen and oxygen atoms in total. The number of carbonyl (C=O) groups is 1. The molecule has 2 rings (SSSR count). The molecule has 0 atom stereocenters. The topological polar surface area (TPSA) is 96.5 Å². The van der Waals surface area contributed by atoms with Gasteiger partial charge < -0.3 is 0 Å². The van der Waals surface area contributed by atoms with Crippen LogP contribution in [0.1, 0.15) is 28.4 Å². The molecular formula is C8H10N6OS. The van der Waals surface area contributed by atoms with Crippen LogP contribution in [0, 0.1) is 6.92 Å². The molecule has 0 fully saturated rings. The van der Waals surface area contributed by atoms with E-state index in [9.17, 15) is 4.79 Å². The van der Waals surface area contributed by atoms with E-state index in [0.717, 1.165) is 11.4 Å². The maximum absolute atomic E-state index is 11.6. The van der Waals surface area contributed by atoms with Gasteiger partial charge in [-0.25, -0.2) is 4.98 Å². The Balaban J connectivity index is 2.07. The van der Waals surface area contributed by atoms with E-state index in [-0.39, 0.29) is 11.7 Å². The first kappa shape index (κ1) is 10.7. The highest BCUT2D eigenvalue weighted by Crippen LogP contribution is 2.15. The summed E-state index contributed by atoms with van der Waals surface area (Å²) in [6.07, 6.45) is 0.799. The van der Waals surface area contributed by atoms with Gasteiger partial charge >= 0.3 is 0 Å². The Labute approximate surface area is 95.3 Å². The van der Waals surface area contributed by atoms with Crippen molar-refractivity contribution in [1.29, 1.82) is 0 Å². The molecule has 0 bridgehead atoms. The van der Waals surface area contributed by atoms with Crippen LogP contribution in [0.4, 0.5) is 5.13 Å². The fourth-order valence-electron chi connectivity index (χ4n) is 1.04. The summed E-state index contributed by atoms with van der Waals surface area (Å²) in [5, 5.41) is 18.0. The minimum absolute atomic E-state index is 0.103. The number of anilines is 1. The second-order valence-corrected chi connectivity index (χ2v) is 4.12. The van der Waals surface area contributed by atoms with E-state index in [1.165, 1.54) is 11.3 Å². The number of aryl methyl sites for hydroxylation is 2. The van der Waals surface area contributed by atoms with Crippen LogP contribution >= 0.6 is 11.3 Å². The van der Waals surface area contributed by atoms with E-state index in [0.29, 0.717) is 11.0 Å². The monoisotopic (exact) mass is 238 g/mol. The number of nitrogens with one attached hydrogen (secondary N) is 2. The van der Waals surface area contributed by atoms with E-state index in [1.54, 1.807) is 6.92 Å². The number of aromatic nitrogens is 5. The van der Waals surface area contributed by atoms with Crippen LogP contribution in [0.2, 0.25) is 0 Å². The summed E-state index contributed by atoms with van der Waals surface area (Å²) in [4.78, 5) is 15.5. The van der Waals surface area contributed by atoms with Crippen molar-refractivity contribution in [1.82, 2.24) is 25.4 Å². The van der Waals surface area contributed by atoms with Gasteiger partial charge in [-0.1, -0.05) is 18.3 Å². The van der Waals surface area contributed by atoms with Crippen LogP contribution in [0.5, 0.6) is 0 Å². The van der Waals surface area contributed by atoms with E-state index < -0.39 is 0 Å². The standard InChI is InChI=1S/C8H10N6OS/c1-3-5-12-14-8(16-5)10-7(15)6-9-4(2)11-13-6/h3H2,1-2H3,(H,9,11,13)(H,10,14,15). The first-order valence-corrected chi connectivity index (χ1v) is 5.53. The molecule has 0 aliphatic heterocycles. The van der Waals surface area contributed by atoms with Crippen LogP contribution in [0.3, 0.4) is 0 Å². The summed E-state index contributed by atoms with van der Waals surface area (Å²) >= 11 is 1.34. The fraction of sp³-hybridized carbons (Fsp3) is 0.375. The number of amides is 1. The second-order valence-electron chi connectivity index (χ2n) is 3.05. The molecule has 0 aromatic carbocycles. The van der Waals surface area contributed by atoms with Crippen molar-refractivity contribution < 1.29 is 4.79 Å². The summed E-state index contributed by atoms with van der Waals surface area (Å²) in [5.41, 5.74) is 0. The molecule has 0 saturated heterocycles. The van der Waals surface area contributed by atoms with Gasteiger partial charge in [0, 0.05) is 0 Å². The Kier molecular flexibility index (Phi) is 2.91. The van der Waals surface area contributed by atoms with Gasteiger partial charge in [-0.05, 0) is 13.3 Å². The van der Waals surface area contributed by atoms with Gasteiger partial charge in [0.05, 0.1) is 0 Å². The van der Waals surface area contributed by atoms with Crippen LogP contribution in [-0.2, 0) is 6.42 Å². The van der Waals surface area contributed by atoms with Crippen LogP contribution in [0.15, 0.2) is 0 Å². The normalized spacial score (nSPS) is 10.4. The van der Waals surface area contributed by atoms with Gasteiger partial charge in [0.15, 0.2) is 0 Å². The minimum Gasteiger partial charge on any atom is -0.294 e. The van der Waals surface area contributed by atoms with Gasteiger partial charge in [0.25, 0.3) is 5.91 Å². The SMILES string of the molecule is CCc1nnc(NC(=O)c2n[nH]c(C)n2)s1. The first-order valence-electron chi connectivity index (χ1n) is 4.71. The number of carbonyl (C=O) groups excluding carboxylic acids is 1. The highest BCUT2D eigenvalue weighted by molar-refractivity contribution is 7.15. The molecule has 1 amide bonds. The molecule has 2 aromatic rings. The van der Waals surface area contributed by atoms with Gasteiger partial charge in [-0.15, -0.1) is 15.3 Å². The maximum Gasteiger partial charge on any atom is 0.297 e. The minimum atomic E-state index is -0.386. The smallest absolute Gasteiger partial charge is 0.294 e. The molecule has 0 saturated carbocycles. The zero-order chi connectivity index (χ0) is 11.5.